The Bertz CT molecular complexity index is 367. The van der Waals surface area contributed by atoms with Gasteiger partial charge in [0.25, 0.3) is 0 Å². The van der Waals surface area contributed by atoms with Gasteiger partial charge in [0.15, 0.2) is 0 Å². The fourth-order valence-corrected chi connectivity index (χ4v) is 3.02. The lowest BCUT2D eigenvalue weighted by Crippen LogP contribution is -2.46. The first-order valence-electron chi connectivity index (χ1n) is 8.39. The summed E-state index contributed by atoms with van der Waals surface area (Å²) in [6.07, 6.45) is -2.57. The summed E-state index contributed by atoms with van der Waals surface area (Å²) < 4.78 is 37.0. The third-order valence-electron chi connectivity index (χ3n) is 4.47. The van der Waals surface area contributed by atoms with Gasteiger partial charge < -0.3 is 10.4 Å². The van der Waals surface area contributed by atoms with E-state index >= 15 is 0 Å². The number of rotatable bonds is 7. The number of piperidine rings is 1. The fourth-order valence-electron chi connectivity index (χ4n) is 3.02. The summed E-state index contributed by atoms with van der Waals surface area (Å²) >= 11 is 0. The normalized spacial score (nSPS) is 20.5. The number of likely N-dealkylation sites (tertiary alicyclic amines) is 1. The minimum Gasteiger partial charge on any atom is -0.391 e. The van der Waals surface area contributed by atoms with Crippen LogP contribution in [0.1, 0.15) is 46.5 Å². The second-order valence-corrected chi connectivity index (χ2v) is 6.86. The summed E-state index contributed by atoms with van der Waals surface area (Å²) in [5, 5.41) is 12.9. The van der Waals surface area contributed by atoms with E-state index in [0.717, 1.165) is 0 Å². The van der Waals surface area contributed by atoms with E-state index in [4.69, 9.17) is 0 Å². The van der Waals surface area contributed by atoms with Crippen LogP contribution < -0.4 is 5.32 Å². The molecule has 0 aliphatic carbocycles. The van der Waals surface area contributed by atoms with Gasteiger partial charge in [-0.05, 0) is 44.2 Å². The van der Waals surface area contributed by atoms with Gasteiger partial charge in [-0.3, -0.25) is 9.69 Å². The van der Waals surface area contributed by atoms with Crippen molar-refractivity contribution < 1.29 is 23.1 Å². The van der Waals surface area contributed by atoms with Crippen LogP contribution in [-0.4, -0.2) is 53.9 Å². The van der Waals surface area contributed by atoms with Crippen molar-refractivity contribution in [2.45, 2.75) is 64.8 Å². The van der Waals surface area contributed by atoms with E-state index in [1.807, 2.05) is 20.8 Å². The molecule has 0 aromatic rings. The summed E-state index contributed by atoms with van der Waals surface area (Å²) in [4.78, 5) is 13.5. The molecule has 1 saturated heterocycles. The first-order valence-corrected chi connectivity index (χ1v) is 8.39. The van der Waals surface area contributed by atoms with Gasteiger partial charge in [-0.15, -0.1) is 0 Å². The Hall–Kier alpha value is -0.820. The summed E-state index contributed by atoms with van der Waals surface area (Å²) in [5.74, 6) is 0.0601. The number of carbonyl (C=O) groups is 1. The minimum atomic E-state index is -4.16. The number of carbonyl (C=O) groups excluding carboxylic acids is 1. The van der Waals surface area contributed by atoms with Crippen LogP contribution in [-0.2, 0) is 4.79 Å². The van der Waals surface area contributed by atoms with Gasteiger partial charge in [-0.2, -0.15) is 13.2 Å². The molecule has 0 aromatic carbocycles. The Morgan fingerprint density at radius 1 is 1.30 bits per heavy atom. The number of alkyl halides is 3. The molecule has 1 heterocycles. The summed E-state index contributed by atoms with van der Waals surface area (Å²) in [5.41, 5.74) is 0. The Morgan fingerprint density at radius 2 is 1.87 bits per heavy atom. The molecule has 0 radical (unpaired) electrons. The average molecular weight is 338 g/mol. The predicted molar refractivity (Wildman–Crippen MR) is 82.9 cm³/mol. The van der Waals surface area contributed by atoms with E-state index < -0.39 is 18.8 Å². The van der Waals surface area contributed by atoms with Crippen LogP contribution in [0.3, 0.4) is 0 Å². The van der Waals surface area contributed by atoms with Crippen molar-refractivity contribution >= 4 is 5.91 Å². The van der Waals surface area contributed by atoms with E-state index in [0.29, 0.717) is 38.8 Å². The number of aliphatic hydroxyl groups excluding tert-OH is 1. The molecule has 2 N–H and O–H groups in total. The number of nitrogens with zero attached hydrogens (tertiary/aromatic N) is 1. The molecule has 7 heteroatoms. The lowest BCUT2D eigenvalue weighted by Gasteiger charge is -2.32. The van der Waals surface area contributed by atoms with Crippen molar-refractivity contribution in [1.29, 1.82) is 0 Å². The highest BCUT2D eigenvalue weighted by atomic mass is 19.4. The smallest absolute Gasteiger partial charge is 0.391 e. The number of amides is 1. The zero-order valence-corrected chi connectivity index (χ0v) is 14.2. The first kappa shape index (κ1) is 20.2. The van der Waals surface area contributed by atoms with Crippen molar-refractivity contribution in [3.63, 3.8) is 0 Å². The van der Waals surface area contributed by atoms with Crippen LogP contribution in [0, 0.1) is 11.8 Å². The molecule has 1 amide bonds. The van der Waals surface area contributed by atoms with Gasteiger partial charge >= 0.3 is 6.18 Å². The summed E-state index contributed by atoms with van der Waals surface area (Å²) in [6.45, 7) is 5.59. The quantitative estimate of drug-likeness (QED) is 0.750. The molecule has 0 spiro atoms. The number of hydrogen-bond acceptors (Lipinski definition) is 3. The molecular weight excluding hydrogens is 309 g/mol. The number of nitrogens with one attached hydrogen (secondary N) is 1. The Labute approximate surface area is 136 Å². The number of hydrogen-bond donors (Lipinski definition) is 2. The largest absolute Gasteiger partial charge is 0.401 e. The van der Waals surface area contributed by atoms with E-state index in [9.17, 15) is 23.1 Å². The maximum absolute atomic E-state index is 12.3. The average Bonchev–Trinajstić information content (AvgIpc) is 2.44. The maximum Gasteiger partial charge on any atom is 0.401 e. The molecule has 2 unspecified atom stereocenters. The highest BCUT2D eigenvalue weighted by Gasteiger charge is 2.33. The molecule has 23 heavy (non-hydrogen) atoms. The van der Waals surface area contributed by atoms with E-state index in [-0.39, 0.29) is 23.8 Å². The minimum absolute atomic E-state index is 0.0610. The predicted octanol–water partition coefficient (Wildman–Crippen LogP) is 2.56. The standard InChI is InChI=1S/C16H29F3N2O2/c1-4-13(15(23)11(2)3)20-14(22)9-12-5-7-21(8-6-12)10-16(17,18)19/h11-13,15,23H,4-10H2,1-3H3,(H,20,22). The lowest BCUT2D eigenvalue weighted by molar-refractivity contribution is -0.149. The van der Waals surface area contributed by atoms with E-state index in [1.165, 1.54) is 4.90 Å². The SMILES string of the molecule is CCC(NC(=O)CC1CCN(CC(F)(F)F)CC1)C(O)C(C)C. The number of aliphatic hydroxyl groups is 1. The highest BCUT2D eigenvalue weighted by Crippen LogP contribution is 2.24. The van der Waals surface area contributed by atoms with Crippen molar-refractivity contribution in [2.24, 2.45) is 11.8 Å². The molecule has 0 saturated carbocycles. The zero-order chi connectivity index (χ0) is 17.6. The molecule has 0 aromatic heterocycles. The van der Waals surface area contributed by atoms with Crippen LogP contribution in [0.15, 0.2) is 0 Å². The molecular formula is C16H29F3N2O2. The zero-order valence-electron chi connectivity index (χ0n) is 14.2. The third kappa shape index (κ3) is 7.52. The molecule has 136 valence electrons. The lowest BCUT2D eigenvalue weighted by atomic mass is 9.92. The van der Waals surface area contributed by atoms with Crippen LogP contribution in [0.4, 0.5) is 13.2 Å². The van der Waals surface area contributed by atoms with Gasteiger partial charge in [0, 0.05) is 6.42 Å². The fraction of sp³-hybridized carbons (Fsp3) is 0.938. The van der Waals surface area contributed by atoms with Gasteiger partial charge in [-0.1, -0.05) is 20.8 Å². The molecule has 1 aliphatic rings. The van der Waals surface area contributed by atoms with E-state index in [2.05, 4.69) is 5.32 Å². The first-order chi connectivity index (χ1) is 10.6. The van der Waals surface area contributed by atoms with Crippen LogP contribution in [0.5, 0.6) is 0 Å². The van der Waals surface area contributed by atoms with Gasteiger partial charge in [0.05, 0.1) is 18.7 Å². The van der Waals surface area contributed by atoms with E-state index in [1.54, 1.807) is 0 Å². The molecule has 4 nitrogen and oxygen atoms in total. The van der Waals surface area contributed by atoms with Crippen molar-refractivity contribution in [2.75, 3.05) is 19.6 Å². The highest BCUT2D eigenvalue weighted by molar-refractivity contribution is 5.76. The van der Waals surface area contributed by atoms with Crippen molar-refractivity contribution in [1.82, 2.24) is 10.2 Å². The molecule has 2 atom stereocenters. The van der Waals surface area contributed by atoms with Crippen molar-refractivity contribution in [3.05, 3.63) is 0 Å². The summed E-state index contributed by atoms with van der Waals surface area (Å²) in [6, 6.07) is -0.271. The Morgan fingerprint density at radius 3 is 2.30 bits per heavy atom. The number of halogens is 3. The van der Waals surface area contributed by atoms with Crippen LogP contribution in [0.25, 0.3) is 0 Å². The van der Waals surface area contributed by atoms with Gasteiger partial charge in [0.1, 0.15) is 0 Å². The maximum atomic E-state index is 12.3. The molecule has 1 rings (SSSR count). The second kappa shape index (κ2) is 8.87. The second-order valence-electron chi connectivity index (χ2n) is 6.86. The molecule has 1 aliphatic heterocycles. The Balaban J connectivity index is 2.36. The van der Waals surface area contributed by atoms with Crippen LogP contribution >= 0.6 is 0 Å². The molecule has 0 bridgehead atoms. The van der Waals surface area contributed by atoms with Gasteiger partial charge in [0.2, 0.25) is 5.91 Å². The van der Waals surface area contributed by atoms with Crippen LogP contribution in [0.2, 0.25) is 0 Å². The molecule has 1 fully saturated rings. The summed E-state index contributed by atoms with van der Waals surface area (Å²) in [7, 11) is 0. The topological polar surface area (TPSA) is 52.6 Å². The van der Waals surface area contributed by atoms with Crippen molar-refractivity contribution in [3.8, 4) is 0 Å². The monoisotopic (exact) mass is 338 g/mol. The Kier molecular flexibility index (Phi) is 7.80. The third-order valence-corrected chi connectivity index (χ3v) is 4.47. The van der Waals surface area contributed by atoms with Gasteiger partial charge in [-0.25, -0.2) is 0 Å².